The predicted octanol–water partition coefficient (Wildman–Crippen LogP) is 3.65. The average Bonchev–Trinajstić information content (AvgIpc) is 3.33. The Morgan fingerprint density at radius 3 is 2.13 bits per heavy atom. The summed E-state index contributed by atoms with van der Waals surface area (Å²) >= 11 is 0. The summed E-state index contributed by atoms with van der Waals surface area (Å²) in [6.45, 7) is 8.29. The molecular formula is C25H35N3O3. The van der Waals surface area contributed by atoms with Crippen LogP contribution in [0.5, 0.6) is 0 Å². The molecule has 168 valence electrons. The molecule has 1 aromatic carbocycles. The summed E-state index contributed by atoms with van der Waals surface area (Å²) in [5.74, 6) is 0.262. The summed E-state index contributed by atoms with van der Waals surface area (Å²) in [6.07, 6.45) is 5.35. The van der Waals surface area contributed by atoms with Gasteiger partial charge in [-0.1, -0.05) is 23.8 Å². The standard InChI is InChI=1S/C25H35N3O3/c1-18-7-8-22(19(2)16-18)23(29)20-9-14-26(15-10-20)24(30)21-6-5-13-28(17-21)25(31)27-11-3-4-12-27/h7-8,16,20-21H,3-6,9-15,17H2,1-2H3/t21-/m1/s1. The highest BCUT2D eigenvalue weighted by molar-refractivity contribution is 5.99. The molecule has 0 aliphatic carbocycles. The van der Waals surface area contributed by atoms with Crippen molar-refractivity contribution in [3.63, 3.8) is 0 Å². The molecule has 1 atom stereocenters. The number of carbonyl (C=O) groups is 3. The van der Waals surface area contributed by atoms with Crippen molar-refractivity contribution in [2.45, 2.75) is 52.4 Å². The third-order valence-electron chi connectivity index (χ3n) is 7.24. The van der Waals surface area contributed by atoms with Crippen LogP contribution in [0, 0.1) is 25.7 Å². The fourth-order valence-corrected chi connectivity index (χ4v) is 5.39. The van der Waals surface area contributed by atoms with Crippen molar-refractivity contribution in [1.82, 2.24) is 14.7 Å². The largest absolute Gasteiger partial charge is 0.342 e. The molecule has 6 nitrogen and oxygen atoms in total. The maximum atomic E-state index is 13.2. The van der Waals surface area contributed by atoms with Crippen LogP contribution in [0.25, 0.3) is 0 Å². The van der Waals surface area contributed by atoms with Crippen LogP contribution in [0.3, 0.4) is 0 Å². The Bertz CT molecular complexity index is 838. The summed E-state index contributed by atoms with van der Waals surface area (Å²) < 4.78 is 0. The second-order valence-corrected chi connectivity index (χ2v) is 9.54. The lowest BCUT2D eigenvalue weighted by molar-refractivity contribution is -0.138. The molecule has 4 rings (SSSR count). The van der Waals surface area contributed by atoms with Crippen molar-refractivity contribution in [3.05, 3.63) is 34.9 Å². The number of urea groups is 1. The van der Waals surface area contributed by atoms with Crippen molar-refractivity contribution >= 4 is 17.7 Å². The topological polar surface area (TPSA) is 60.9 Å². The number of amides is 3. The molecule has 0 bridgehead atoms. The van der Waals surface area contributed by atoms with Crippen molar-refractivity contribution in [3.8, 4) is 0 Å². The van der Waals surface area contributed by atoms with E-state index < -0.39 is 0 Å². The molecule has 0 N–H and O–H groups in total. The Morgan fingerprint density at radius 1 is 0.774 bits per heavy atom. The molecule has 3 amide bonds. The van der Waals surface area contributed by atoms with Crippen LogP contribution in [0.2, 0.25) is 0 Å². The van der Waals surface area contributed by atoms with Crippen molar-refractivity contribution < 1.29 is 14.4 Å². The van der Waals surface area contributed by atoms with Crippen LogP contribution in [0.4, 0.5) is 4.79 Å². The molecule has 3 aliphatic heterocycles. The van der Waals surface area contributed by atoms with Gasteiger partial charge in [0.15, 0.2) is 5.78 Å². The summed E-state index contributed by atoms with van der Waals surface area (Å²) in [6, 6.07) is 6.10. The lowest BCUT2D eigenvalue weighted by Crippen LogP contribution is -2.51. The van der Waals surface area contributed by atoms with Gasteiger partial charge in [-0.05, 0) is 57.9 Å². The van der Waals surface area contributed by atoms with Crippen LogP contribution in [0.15, 0.2) is 18.2 Å². The van der Waals surface area contributed by atoms with E-state index in [1.165, 1.54) is 5.56 Å². The van der Waals surface area contributed by atoms with Crippen LogP contribution in [0.1, 0.15) is 60.0 Å². The second kappa shape index (κ2) is 9.41. The SMILES string of the molecule is Cc1ccc(C(=O)C2CCN(C(=O)[C@@H]3CCCN(C(=O)N4CCCC4)C3)CC2)c(C)c1. The van der Waals surface area contributed by atoms with Crippen LogP contribution >= 0.6 is 0 Å². The smallest absolute Gasteiger partial charge is 0.320 e. The fourth-order valence-electron chi connectivity index (χ4n) is 5.39. The van der Waals surface area contributed by atoms with E-state index >= 15 is 0 Å². The molecule has 3 fully saturated rings. The van der Waals surface area contributed by atoms with E-state index in [0.717, 1.165) is 69.3 Å². The normalized spacial score (nSPS) is 22.6. The molecule has 31 heavy (non-hydrogen) atoms. The molecule has 0 radical (unpaired) electrons. The highest BCUT2D eigenvalue weighted by Crippen LogP contribution is 2.27. The van der Waals surface area contributed by atoms with E-state index in [-0.39, 0.29) is 29.6 Å². The quantitative estimate of drug-likeness (QED) is 0.695. The van der Waals surface area contributed by atoms with Crippen molar-refractivity contribution in [1.29, 1.82) is 0 Å². The van der Waals surface area contributed by atoms with Crippen molar-refractivity contribution in [2.75, 3.05) is 39.3 Å². The monoisotopic (exact) mass is 425 g/mol. The predicted molar refractivity (Wildman–Crippen MR) is 120 cm³/mol. The number of piperidine rings is 2. The second-order valence-electron chi connectivity index (χ2n) is 9.54. The molecule has 3 aliphatic rings. The van der Waals surface area contributed by atoms with Gasteiger partial charge >= 0.3 is 6.03 Å². The number of benzene rings is 1. The summed E-state index contributed by atoms with van der Waals surface area (Å²) in [7, 11) is 0. The zero-order valence-electron chi connectivity index (χ0n) is 18.9. The Morgan fingerprint density at radius 2 is 1.45 bits per heavy atom. The zero-order valence-corrected chi connectivity index (χ0v) is 18.9. The third kappa shape index (κ3) is 4.78. The van der Waals surface area contributed by atoms with Crippen molar-refractivity contribution in [2.24, 2.45) is 11.8 Å². The van der Waals surface area contributed by atoms with Gasteiger partial charge in [0.1, 0.15) is 0 Å². The molecule has 0 aromatic heterocycles. The van der Waals surface area contributed by atoms with E-state index in [9.17, 15) is 14.4 Å². The fraction of sp³-hybridized carbons (Fsp3) is 0.640. The molecule has 0 saturated carbocycles. The number of Topliss-reactive ketones (excluding diaryl/α,β-unsaturated/α-hetero) is 1. The minimum Gasteiger partial charge on any atom is -0.342 e. The number of hydrogen-bond donors (Lipinski definition) is 0. The minimum atomic E-state index is -0.105. The Labute approximate surface area is 185 Å². The highest BCUT2D eigenvalue weighted by atomic mass is 16.2. The number of hydrogen-bond acceptors (Lipinski definition) is 3. The number of carbonyl (C=O) groups excluding carboxylic acids is 3. The molecule has 3 saturated heterocycles. The lowest BCUT2D eigenvalue weighted by atomic mass is 9.86. The number of ketones is 1. The van der Waals surface area contributed by atoms with Gasteiger partial charge in [-0.3, -0.25) is 9.59 Å². The van der Waals surface area contributed by atoms with Gasteiger partial charge in [0.2, 0.25) is 5.91 Å². The van der Waals surface area contributed by atoms with E-state index in [1.54, 1.807) is 0 Å². The van der Waals surface area contributed by atoms with Gasteiger partial charge in [0.25, 0.3) is 0 Å². The maximum Gasteiger partial charge on any atom is 0.320 e. The van der Waals surface area contributed by atoms with Gasteiger partial charge < -0.3 is 14.7 Å². The lowest BCUT2D eigenvalue weighted by Gasteiger charge is -2.38. The van der Waals surface area contributed by atoms with E-state index in [0.29, 0.717) is 19.6 Å². The van der Waals surface area contributed by atoms with Crippen LogP contribution in [-0.2, 0) is 4.79 Å². The summed E-state index contributed by atoms with van der Waals surface area (Å²) in [5.41, 5.74) is 3.02. The molecule has 3 heterocycles. The molecular weight excluding hydrogens is 390 g/mol. The Kier molecular flexibility index (Phi) is 6.63. The zero-order chi connectivity index (χ0) is 22.0. The number of rotatable bonds is 3. The number of aryl methyl sites for hydroxylation is 2. The van der Waals surface area contributed by atoms with E-state index in [2.05, 4.69) is 6.07 Å². The number of likely N-dealkylation sites (tertiary alicyclic amines) is 3. The van der Waals surface area contributed by atoms with Gasteiger partial charge in [-0.25, -0.2) is 4.79 Å². The molecule has 1 aromatic rings. The van der Waals surface area contributed by atoms with Gasteiger partial charge in [-0.2, -0.15) is 0 Å². The first-order valence-electron chi connectivity index (χ1n) is 11.9. The van der Waals surface area contributed by atoms with Gasteiger partial charge in [-0.15, -0.1) is 0 Å². The molecule has 0 unspecified atom stereocenters. The first-order valence-corrected chi connectivity index (χ1v) is 11.9. The molecule has 6 heteroatoms. The average molecular weight is 426 g/mol. The first kappa shape index (κ1) is 21.8. The highest BCUT2D eigenvalue weighted by Gasteiger charge is 2.35. The maximum absolute atomic E-state index is 13.2. The first-order chi connectivity index (χ1) is 14.9. The van der Waals surface area contributed by atoms with Gasteiger partial charge in [0.05, 0.1) is 5.92 Å². The van der Waals surface area contributed by atoms with E-state index in [1.807, 2.05) is 40.7 Å². The third-order valence-corrected chi connectivity index (χ3v) is 7.24. The number of nitrogens with zero attached hydrogens (tertiary/aromatic N) is 3. The molecule has 0 spiro atoms. The van der Waals surface area contributed by atoms with Crippen LogP contribution < -0.4 is 0 Å². The summed E-state index contributed by atoms with van der Waals surface area (Å²) in [5, 5.41) is 0. The Hall–Kier alpha value is -2.37. The summed E-state index contributed by atoms with van der Waals surface area (Å²) in [4.78, 5) is 44.6. The Balaban J connectivity index is 1.31. The van der Waals surface area contributed by atoms with Crippen LogP contribution in [-0.4, -0.2) is 71.7 Å². The minimum absolute atomic E-state index is 0.00921. The van der Waals surface area contributed by atoms with Gasteiger partial charge in [0, 0.05) is 50.7 Å². The van der Waals surface area contributed by atoms with E-state index in [4.69, 9.17) is 0 Å².